The highest BCUT2D eigenvalue weighted by molar-refractivity contribution is 5.74. The zero-order valence-electron chi connectivity index (χ0n) is 14.5. The average molecular weight is 306 g/mol. The molecule has 0 aliphatic rings. The molecule has 22 heavy (non-hydrogen) atoms. The number of aryl methyl sites for hydroxylation is 1. The normalized spacial score (nSPS) is 13.8. The summed E-state index contributed by atoms with van der Waals surface area (Å²) in [4.78, 5) is 14.1. The Morgan fingerprint density at radius 2 is 1.82 bits per heavy atom. The van der Waals surface area contributed by atoms with Crippen LogP contribution in [0.5, 0.6) is 0 Å². The third-order valence-corrected chi connectivity index (χ3v) is 3.77. The number of nitrogens with zero attached hydrogens (tertiary/aromatic N) is 1. The molecule has 1 aromatic carbocycles. The van der Waals surface area contributed by atoms with E-state index in [1.54, 1.807) is 11.8 Å². The molecule has 4 heteroatoms. The zero-order valence-corrected chi connectivity index (χ0v) is 14.5. The summed E-state index contributed by atoms with van der Waals surface area (Å²) in [6, 6.07) is 8.47. The predicted molar refractivity (Wildman–Crippen MR) is 91.0 cm³/mol. The van der Waals surface area contributed by atoms with Crippen LogP contribution in [-0.2, 0) is 6.42 Å². The summed E-state index contributed by atoms with van der Waals surface area (Å²) in [5.74, 6) is 0. The summed E-state index contributed by atoms with van der Waals surface area (Å²) in [6.45, 7) is 10.1. The lowest BCUT2D eigenvalue weighted by molar-refractivity contribution is 0.117. The van der Waals surface area contributed by atoms with Crippen molar-refractivity contribution in [2.24, 2.45) is 0 Å². The minimum absolute atomic E-state index is 0.0616. The molecule has 0 aliphatic carbocycles. The van der Waals surface area contributed by atoms with Crippen molar-refractivity contribution in [3.05, 3.63) is 35.4 Å². The van der Waals surface area contributed by atoms with Gasteiger partial charge in [-0.25, -0.2) is 4.79 Å². The van der Waals surface area contributed by atoms with Crippen molar-refractivity contribution in [1.29, 1.82) is 0 Å². The van der Waals surface area contributed by atoms with Crippen molar-refractivity contribution in [2.75, 3.05) is 6.54 Å². The molecule has 0 spiro atoms. The van der Waals surface area contributed by atoms with Crippen molar-refractivity contribution >= 4 is 6.03 Å². The first-order valence-corrected chi connectivity index (χ1v) is 8.14. The van der Waals surface area contributed by atoms with Gasteiger partial charge in [0.1, 0.15) is 0 Å². The molecule has 1 rings (SSSR count). The molecule has 0 bridgehead atoms. The molecule has 0 heterocycles. The second-order valence-corrected chi connectivity index (χ2v) is 6.34. The Hall–Kier alpha value is -1.55. The van der Waals surface area contributed by atoms with Crippen LogP contribution in [0.2, 0.25) is 0 Å². The van der Waals surface area contributed by atoms with E-state index >= 15 is 0 Å². The van der Waals surface area contributed by atoms with Crippen LogP contribution in [0.3, 0.4) is 0 Å². The van der Waals surface area contributed by atoms with E-state index in [9.17, 15) is 9.90 Å². The molecule has 2 atom stereocenters. The highest BCUT2D eigenvalue weighted by Gasteiger charge is 2.21. The van der Waals surface area contributed by atoms with E-state index in [0.29, 0.717) is 6.54 Å². The number of benzene rings is 1. The molecule has 0 aromatic heterocycles. The number of hydrogen-bond acceptors (Lipinski definition) is 2. The molecule has 0 saturated heterocycles. The molecule has 0 fully saturated rings. The van der Waals surface area contributed by atoms with Crippen molar-refractivity contribution < 1.29 is 9.90 Å². The summed E-state index contributed by atoms with van der Waals surface area (Å²) >= 11 is 0. The number of carbonyl (C=O) groups excluding carboxylic acids is 1. The average Bonchev–Trinajstić information content (AvgIpc) is 2.45. The third kappa shape index (κ3) is 6.06. The topological polar surface area (TPSA) is 52.6 Å². The second kappa shape index (κ2) is 8.79. The van der Waals surface area contributed by atoms with Crippen LogP contribution in [0.1, 0.15) is 45.2 Å². The van der Waals surface area contributed by atoms with Gasteiger partial charge in [-0.3, -0.25) is 0 Å². The highest BCUT2D eigenvalue weighted by Crippen LogP contribution is 2.09. The highest BCUT2D eigenvalue weighted by atomic mass is 16.3. The fourth-order valence-corrected chi connectivity index (χ4v) is 2.38. The monoisotopic (exact) mass is 306 g/mol. The van der Waals surface area contributed by atoms with E-state index in [4.69, 9.17) is 0 Å². The molecular weight excluding hydrogens is 276 g/mol. The molecule has 0 saturated carbocycles. The van der Waals surface area contributed by atoms with Gasteiger partial charge in [-0.1, -0.05) is 36.8 Å². The minimum atomic E-state index is -0.523. The Bertz CT molecular complexity index is 455. The van der Waals surface area contributed by atoms with Crippen LogP contribution >= 0.6 is 0 Å². The fourth-order valence-electron chi connectivity index (χ4n) is 2.38. The summed E-state index contributed by atoms with van der Waals surface area (Å²) < 4.78 is 0. The Labute approximate surface area is 134 Å². The van der Waals surface area contributed by atoms with E-state index in [1.165, 1.54) is 11.1 Å². The van der Waals surface area contributed by atoms with Gasteiger partial charge in [-0.2, -0.15) is 0 Å². The van der Waals surface area contributed by atoms with Gasteiger partial charge in [0.05, 0.1) is 6.10 Å². The summed E-state index contributed by atoms with van der Waals surface area (Å²) in [5, 5.41) is 12.6. The lowest BCUT2D eigenvalue weighted by Gasteiger charge is -2.30. The number of nitrogens with one attached hydrogen (secondary N) is 1. The quantitative estimate of drug-likeness (QED) is 0.813. The number of rotatable bonds is 7. The van der Waals surface area contributed by atoms with Crippen LogP contribution in [-0.4, -0.2) is 40.8 Å². The number of aliphatic hydroxyl groups excluding tert-OH is 1. The van der Waals surface area contributed by atoms with Crippen molar-refractivity contribution in [2.45, 2.75) is 65.6 Å². The van der Waals surface area contributed by atoms with Crippen LogP contribution in [0.4, 0.5) is 4.79 Å². The van der Waals surface area contributed by atoms with Gasteiger partial charge >= 0.3 is 6.03 Å². The molecule has 4 nitrogen and oxygen atoms in total. The van der Waals surface area contributed by atoms with Gasteiger partial charge in [0.25, 0.3) is 0 Å². The lowest BCUT2D eigenvalue weighted by atomic mass is 10.0. The van der Waals surface area contributed by atoms with Crippen LogP contribution in [0.15, 0.2) is 24.3 Å². The SMILES string of the molecule is CCC(Cc1ccc(C)cc1)NC(=O)N(CC(C)O)C(C)C. The molecule has 124 valence electrons. The summed E-state index contributed by atoms with van der Waals surface area (Å²) in [6.07, 6.45) is 1.17. The minimum Gasteiger partial charge on any atom is -0.392 e. The van der Waals surface area contributed by atoms with Gasteiger partial charge in [-0.15, -0.1) is 0 Å². The molecule has 1 aromatic rings. The van der Waals surface area contributed by atoms with Crippen LogP contribution in [0, 0.1) is 6.92 Å². The Morgan fingerprint density at radius 1 is 1.23 bits per heavy atom. The number of amides is 2. The third-order valence-electron chi connectivity index (χ3n) is 3.77. The molecule has 0 aliphatic heterocycles. The van der Waals surface area contributed by atoms with Gasteiger partial charge < -0.3 is 15.3 Å². The largest absolute Gasteiger partial charge is 0.392 e. The molecule has 2 unspecified atom stereocenters. The first-order valence-electron chi connectivity index (χ1n) is 8.14. The first-order chi connectivity index (χ1) is 10.3. The molecule has 2 amide bonds. The maximum absolute atomic E-state index is 12.4. The van der Waals surface area contributed by atoms with Crippen molar-refractivity contribution in [1.82, 2.24) is 10.2 Å². The Kier molecular flexibility index (Phi) is 7.39. The maximum atomic E-state index is 12.4. The molecular formula is C18H30N2O2. The van der Waals surface area contributed by atoms with E-state index < -0.39 is 6.10 Å². The van der Waals surface area contributed by atoms with E-state index in [2.05, 4.69) is 43.4 Å². The molecule has 2 N–H and O–H groups in total. The van der Waals surface area contributed by atoms with Gasteiger partial charge in [0.2, 0.25) is 0 Å². The lowest BCUT2D eigenvalue weighted by Crippen LogP contribution is -2.50. The predicted octanol–water partition coefficient (Wildman–Crippen LogP) is 3.12. The Balaban J connectivity index is 2.67. The fraction of sp³-hybridized carbons (Fsp3) is 0.611. The number of aliphatic hydroxyl groups is 1. The standard InChI is InChI=1S/C18H30N2O2/c1-6-17(11-16-9-7-14(4)8-10-16)19-18(22)20(13(2)3)12-15(5)21/h7-10,13,15,17,21H,6,11-12H2,1-5H3,(H,19,22). The second-order valence-electron chi connectivity index (χ2n) is 6.34. The van der Waals surface area contributed by atoms with Gasteiger partial charge in [0, 0.05) is 18.6 Å². The van der Waals surface area contributed by atoms with E-state index in [0.717, 1.165) is 12.8 Å². The van der Waals surface area contributed by atoms with Crippen molar-refractivity contribution in [3.63, 3.8) is 0 Å². The molecule has 0 radical (unpaired) electrons. The van der Waals surface area contributed by atoms with Crippen LogP contribution in [0.25, 0.3) is 0 Å². The first kappa shape index (κ1) is 18.5. The number of urea groups is 1. The summed E-state index contributed by atoms with van der Waals surface area (Å²) in [7, 11) is 0. The smallest absolute Gasteiger partial charge is 0.317 e. The van der Waals surface area contributed by atoms with Crippen molar-refractivity contribution in [3.8, 4) is 0 Å². The summed E-state index contributed by atoms with van der Waals surface area (Å²) in [5.41, 5.74) is 2.47. The maximum Gasteiger partial charge on any atom is 0.317 e. The van der Waals surface area contributed by atoms with Gasteiger partial charge in [0.15, 0.2) is 0 Å². The Morgan fingerprint density at radius 3 is 2.27 bits per heavy atom. The number of carbonyl (C=O) groups is 1. The van der Waals surface area contributed by atoms with Crippen LogP contribution < -0.4 is 5.32 Å². The number of hydrogen-bond donors (Lipinski definition) is 2. The zero-order chi connectivity index (χ0) is 16.7. The van der Waals surface area contributed by atoms with E-state index in [1.807, 2.05) is 13.8 Å². The van der Waals surface area contributed by atoms with E-state index in [-0.39, 0.29) is 18.1 Å². The van der Waals surface area contributed by atoms with Gasteiger partial charge in [-0.05, 0) is 46.1 Å².